The Balaban J connectivity index is 0.000000354. The molecule has 2 nitrogen and oxygen atoms in total. The third kappa shape index (κ3) is 10.2. The van der Waals surface area contributed by atoms with Gasteiger partial charge in [-0.05, 0) is 75.0 Å². The Kier molecular flexibility index (Phi) is 13.3. The van der Waals surface area contributed by atoms with Gasteiger partial charge in [0, 0.05) is 9.92 Å². The van der Waals surface area contributed by atoms with Crippen LogP contribution in [0.5, 0.6) is 0 Å². The Bertz CT molecular complexity index is 346. The van der Waals surface area contributed by atoms with E-state index in [2.05, 4.69) is 10.8 Å². The van der Waals surface area contributed by atoms with E-state index in [0.717, 1.165) is 22.4 Å². The minimum atomic E-state index is 0.794. The van der Waals surface area contributed by atoms with Crippen LogP contribution in [0.1, 0.15) is 51.5 Å². The highest BCUT2D eigenvalue weighted by atomic mass is 35.5. The fraction of sp³-hybridized carbons (Fsp3) is 0.647. The molecule has 1 aromatic rings. The van der Waals surface area contributed by atoms with E-state index in [1.54, 1.807) is 11.9 Å². The van der Waals surface area contributed by atoms with E-state index < -0.39 is 0 Å². The number of hydrogen-bond acceptors (Lipinski definition) is 3. The van der Waals surface area contributed by atoms with E-state index in [-0.39, 0.29) is 0 Å². The molecule has 0 saturated heterocycles. The summed E-state index contributed by atoms with van der Waals surface area (Å²) in [5.41, 5.74) is 6.69. The Hall–Kier alpha value is -0.220. The number of aryl methyl sites for hydroxylation is 1. The van der Waals surface area contributed by atoms with Gasteiger partial charge in [0.05, 0.1) is 0 Å². The molecule has 0 unspecified atom stereocenters. The summed E-state index contributed by atoms with van der Waals surface area (Å²) in [6.45, 7) is 6.95. The van der Waals surface area contributed by atoms with Crippen molar-refractivity contribution < 1.29 is 0 Å². The summed E-state index contributed by atoms with van der Waals surface area (Å²) in [4.78, 5) is 1.15. The van der Waals surface area contributed by atoms with E-state index in [1.165, 1.54) is 37.7 Å². The third-order valence-electron chi connectivity index (χ3n) is 3.29. The van der Waals surface area contributed by atoms with Crippen molar-refractivity contribution in [2.45, 2.75) is 57.8 Å². The van der Waals surface area contributed by atoms with Gasteiger partial charge in [0.1, 0.15) is 0 Å². The lowest BCUT2D eigenvalue weighted by Gasteiger charge is -2.18. The lowest BCUT2D eigenvalue weighted by atomic mass is 9.90. The van der Waals surface area contributed by atoms with Gasteiger partial charge in [0.25, 0.3) is 0 Å². The highest BCUT2D eigenvalue weighted by Crippen LogP contribution is 2.22. The number of halogens is 1. The first-order chi connectivity index (χ1) is 10.2. The highest BCUT2D eigenvalue weighted by Gasteiger charge is 2.09. The highest BCUT2D eigenvalue weighted by molar-refractivity contribution is 7.97. The van der Waals surface area contributed by atoms with Gasteiger partial charge in [-0.2, -0.15) is 0 Å². The third-order valence-corrected chi connectivity index (χ3v) is 4.19. The van der Waals surface area contributed by atoms with Crippen molar-refractivity contribution in [1.82, 2.24) is 4.72 Å². The predicted octanol–water partition coefficient (Wildman–Crippen LogP) is 5.43. The summed E-state index contributed by atoms with van der Waals surface area (Å²) in [6, 6.07) is 5.98. The van der Waals surface area contributed by atoms with Crippen molar-refractivity contribution in [2.24, 2.45) is 11.7 Å². The quantitative estimate of drug-likeness (QED) is 0.726. The smallest absolute Gasteiger partial charge is 0.0420 e. The molecule has 1 aliphatic carbocycles. The topological polar surface area (TPSA) is 38.0 Å². The van der Waals surface area contributed by atoms with Crippen molar-refractivity contribution in [3.8, 4) is 0 Å². The summed E-state index contributed by atoms with van der Waals surface area (Å²) in [7, 11) is 1.89. The van der Waals surface area contributed by atoms with Crippen LogP contribution in [-0.4, -0.2) is 13.6 Å². The number of rotatable bonds is 3. The second kappa shape index (κ2) is 13.4. The average Bonchev–Trinajstić information content (AvgIpc) is 2.50. The molecule has 1 saturated carbocycles. The standard InChI is InChI=1S/C8H10ClNS.C7H15N.C2H6/c1-6-3-7(9)5-8(4-6)11-10-2;8-6-7-4-2-1-3-5-7;1-2/h3-5,10H,1-2H3;7H,1-6,8H2;1-2H3. The zero-order valence-corrected chi connectivity index (χ0v) is 15.5. The molecule has 4 heteroatoms. The molecule has 1 aromatic carbocycles. The van der Waals surface area contributed by atoms with E-state index >= 15 is 0 Å². The van der Waals surface area contributed by atoms with E-state index in [1.807, 2.05) is 40.0 Å². The minimum Gasteiger partial charge on any atom is -0.330 e. The summed E-state index contributed by atoms with van der Waals surface area (Å²) < 4.78 is 3.00. The summed E-state index contributed by atoms with van der Waals surface area (Å²) in [5.74, 6) is 0.865. The van der Waals surface area contributed by atoms with Gasteiger partial charge >= 0.3 is 0 Å². The minimum absolute atomic E-state index is 0.794. The van der Waals surface area contributed by atoms with Crippen LogP contribution in [0.25, 0.3) is 0 Å². The second-order valence-corrected chi connectivity index (χ2v) is 6.53. The Labute approximate surface area is 140 Å². The molecule has 0 aromatic heterocycles. The zero-order valence-electron chi connectivity index (χ0n) is 13.9. The molecule has 21 heavy (non-hydrogen) atoms. The summed E-state index contributed by atoms with van der Waals surface area (Å²) >= 11 is 7.41. The maximum absolute atomic E-state index is 5.84. The molecule has 1 fully saturated rings. The molecule has 0 spiro atoms. The lowest BCUT2D eigenvalue weighted by molar-refractivity contribution is 0.366. The van der Waals surface area contributed by atoms with Gasteiger partial charge in [0.15, 0.2) is 0 Å². The lowest BCUT2D eigenvalue weighted by Crippen LogP contribution is -2.16. The summed E-state index contributed by atoms with van der Waals surface area (Å²) in [6.07, 6.45) is 7.05. The van der Waals surface area contributed by atoms with Crippen LogP contribution in [0.4, 0.5) is 0 Å². The van der Waals surface area contributed by atoms with Gasteiger partial charge in [0.2, 0.25) is 0 Å². The number of benzene rings is 1. The van der Waals surface area contributed by atoms with E-state index in [9.17, 15) is 0 Å². The predicted molar refractivity (Wildman–Crippen MR) is 98.1 cm³/mol. The van der Waals surface area contributed by atoms with E-state index in [4.69, 9.17) is 17.3 Å². The fourth-order valence-corrected chi connectivity index (χ4v) is 3.32. The van der Waals surface area contributed by atoms with Crippen molar-refractivity contribution in [1.29, 1.82) is 0 Å². The van der Waals surface area contributed by atoms with Gasteiger partial charge in [-0.1, -0.05) is 44.7 Å². The van der Waals surface area contributed by atoms with Crippen LogP contribution in [0.15, 0.2) is 23.1 Å². The monoisotopic (exact) mass is 330 g/mol. The molecule has 2 rings (SSSR count). The molecular formula is C17H31ClN2S. The normalized spacial score (nSPS) is 14.6. The number of nitrogens with one attached hydrogen (secondary N) is 1. The van der Waals surface area contributed by atoms with Crippen molar-refractivity contribution in [2.75, 3.05) is 13.6 Å². The van der Waals surface area contributed by atoms with Crippen LogP contribution in [0.2, 0.25) is 5.02 Å². The number of hydrogen-bond donors (Lipinski definition) is 2. The van der Waals surface area contributed by atoms with Gasteiger partial charge < -0.3 is 5.73 Å². The van der Waals surface area contributed by atoms with Crippen LogP contribution in [0.3, 0.4) is 0 Å². The van der Waals surface area contributed by atoms with Crippen molar-refractivity contribution in [3.05, 3.63) is 28.8 Å². The summed E-state index contributed by atoms with van der Waals surface area (Å²) in [5, 5.41) is 0.794. The average molecular weight is 331 g/mol. The fourth-order valence-electron chi connectivity index (χ4n) is 2.30. The van der Waals surface area contributed by atoms with Crippen LogP contribution >= 0.6 is 23.5 Å². The second-order valence-electron chi connectivity index (χ2n) is 5.01. The van der Waals surface area contributed by atoms with Gasteiger partial charge in [-0.3, -0.25) is 4.72 Å². The molecule has 0 bridgehead atoms. The molecular weight excluding hydrogens is 300 g/mol. The molecule has 1 aliphatic rings. The zero-order chi connectivity index (χ0) is 16.1. The maximum Gasteiger partial charge on any atom is 0.0420 e. The van der Waals surface area contributed by atoms with Gasteiger partial charge in [-0.15, -0.1) is 0 Å². The molecule has 0 aliphatic heterocycles. The first-order valence-electron chi connectivity index (χ1n) is 7.96. The first kappa shape index (κ1) is 20.8. The molecule has 0 heterocycles. The largest absolute Gasteiger partial charge is 0.330 e. The Morgan fingerprint density at radius 2 is 1.81 bits per heavy atom. The van der Waals surface area contributed by atoms with Crippen molar-refractivity contribution >= 4 is 23.5 Å². The molecule has 122 valence electrons. The Morgan fingerprint density at radius 1 is 1.19 bits per heavy atom. The molecule has 3 N–H and O–H groups in total. The van der Waals surface area contributed by atoms with Crippen LogP contribution in [0, 0.1) is 12.8 Å². The van der Waals surface area contributed by atoms with Gasteiger partial charge in [-0.25, -0.2) is 0 Å². The molecule has 0 radical (unpaired) electrons. The van der Waals surface area contributed by atoms with Crippen LogP contribution < -0.4 is 10.5 Å². The number of nitrogens with two attached hydrogens (primary N) is 1. The SMILES string of the molecule is CC.CNSc1cc(C)cc(Cl)c1.NCC1CCCCC1. The molecule has 0 amide bonds. The Morgan fingerprint density at radius 3 is 2.24 bits per heavy atom. The maximum atomic E-state index is 5.84. The van der Waals surface area contributed by atoms with Crippen LogP contribution in [-0.2, 0) is 0 Å². The first-order valence-corrected chi connectivity index (χ1v) is 9.16. The van der Waals surface area contributed by atoms with Crippen molar-refractivity contribution in [3.63, 3.8) is 0 Å². The van der Waals surface area contributed by atoms with E-state index in [0.29, 0.717) is 0 Å². The molecule has 0 atom stereocenters.